The fraction of sp³-hybridized carbons (Fsp3) is 0.200. The quantitative estimate of drug-likeness (QED) is 0.460. The fourth-order valence-electron chi connectivity index (χ4n) is 3.01. The van der Waals surface area contributed by atoms with Gasteiger partial charge in [0.1, 0.15) is 17.2 Å². The molecule has 8 nitrogen and oxygen atoms in total. The van der Waals surface area contributed by atoms with E-state index >= 15 is 0 Å². The Morgan fingerprint density at radius 1 is 1.09 bits per heavy atom. The summed E-state index contributed by atoms with van der Waals surface area (Å²) in [6, 6.07) is 5.59. The summed E-state index contributed by atoms with van der Waals surface area (Å²) in [7, 11) is 3.02. The Morgan fingerprint density at radius 2 is 1.88 bits per heavy atom. The number of alkyl halides is 3. The fourth-order valence-corrected chi connectivity index (χ4v) is 3.01. The molecule has 0 amide bonds. The van der Waals surface area contributed by atoms with Gasteiger partial charge in [0.2, 0.25) is 17.7 Å². The van der Waals surface area contributed by atoms with Gasteiger partial charge in [0.05, 0.1) is 24.7 Å². The highest BCUT2D eigenvalue weighted by atomic mass is 19.4. The monoisotopic (exact) mass is 447 g/mol. The molecule has 0 fully saturated rings. The van der Waals surface area contributed by atoms with Gasteiger partial charge in [-0.05, 0) is 37.3 Å². The number of ether oxygens (including phenoxy) is 1. The number of anilines is 2. The molecule has 0 atom stereocenters. The van der Waals surface area contributed by atoms with Gasteiger partial charge in [-0.1, -0.05) is 0 Å². The average Bonchev–Trinajstić information content (AvgIpc) is 3.32. The van der Waals surface area contributed by atoms with Crippen LogP contribution >= 0.6 is 0 Å². The first-order valence-corrected chi connectivity index (χ1v) is 9.26. The van der Waals surface area contributed by atoms with E-state index in [0.717, 1.165) is 17.8 Å². The summed E-state index contributed by atoms with van der Waals surface area (Å²) in [6.07, 6.45) is -1.24. The molecule has 4 aromatic rings. The van der Waals surface area contributed by atoms with Crippen molar-refractivity contribution in [3.05, 3.63) is 59.9 Å². The molecule has 0 saturated carbocycles. The van der Waals surface area contributed by atoms with Gasteiger partial charge in [-0.2, -0.15) is 18.2 Å². The van der Waals surface area contributed by atoms with Gasteiger partial charge in [0.15, 0.2) is 0 Å². The van der Waals surface area contributed by atoms with Gasteiger partial charge in [0.25, 0.3) is 0 Å². The van der Waals surface area contributed by atoms with Crippen molar-refractivity contribution in [3.63, 3.8) is 0 Å². The Morgan fingerprint density at radius 3 is 2.53 bits per heavy atom. The molecule has 1 aromatic carbocycles. The first-order chi connectivity index (χ1) is 15.1. The molecule has 32 heavy (non-hydrogen) atoms. The number of benzene rings is 1. The lowest BCUT2D eigenvalue weighted by Crippen LogP contribution is -2.07. The molecule has 4 rings (SSSR count). The Balaban J connectivity index is 1.65. The molecular weight excluding hydrogens is 430 g/mol. The van der Waals surface area contributed by atoms with Crippen LogP contribution in [0, 0.1) is 12.7 Å². The Kier molecular flexibility index (Phi) is 5.28. The van der Waals surface area contributed by atoms with Gasteiger partial charge in [0, 0.05) is 18.9 Å². The lowest BCUT2D eigenvalue weighted by Gasteiger charge is -2.10. The first kappa shape index (κ1) is 21.3. The summed E-state index contributed by atoms with van der Waals surface area (Å²) in [4.78, 5) is 12.9. The van der Waals surface area contributed by atoms with Gasteiger partial charge >= 0.3 is 6.18 Å². The highest BCUT2D eigenvalue weighted by molar-refractivity contribution is 5.60. The predicted octanol–water partition coefficient (Wildman–Crippen LogP) is 4.28. The molecule has 0 aliphatic carbocycles. The van der Waals surface area contributed by atoms with Crippen molar-refractivity contribution in [2.24, 2.45) is 7.05 Å². The molecule has 0 spiro atoms. The third kappa shape index (κ3) is 4.24. The second-order valence-corrected chi connectivity index (χ2v) is 6.88. The van der Waals surface area contributed by atoms with E-state index in [0.29, 0.717) is 23.3 Å². The van der Waals surface area contributed by atoms with Crippen LogP contribution in [0.4, 0.5) is 29.2 Å². The third-order valence-corrected chi connectivity index (χ3v) is 4.50. The van der Waals surface area contributed by atoms with E-state index in [9.17, 15) is 17.6 Å². The first-order valence-electron chi connectivity index (χ1n) is 9.26. The lowest BCUT2D eigenvalue weighted by atomic mass is 10.2. The minimum absolute atomic E-state index is 0.105. The minimum Gasteiger partial charge on any atom is -0.479 e. The van der Waals surface area contributed by atoms with Crippen LogP contribution in [0.2, 0.25) is 0 Å². The Bertz CT molecular complexity index is 1280. The zero-order valence-corrected chi connectivity index (χ0v) is 17.1. The molecule has 12 heteroatoms. The maximum atomic E-state index is 13.7. The van der Waals surface area contributed by atoms with Crippen LogP contribution in [0.3, 0.4) is 0 Å². The number of halogens is 4. The topological polar surface area (TPSA) is 82.7 Å². The molecule has 3 heterocycles. The van der Waals surface area contributed by atoms with E-state index in [4.69, 9.17) is 4.74 Å². The number of hydrogen-bond donors (Lipinski definition) is 1. The van der Waals surface area contributed by atoms with Crippen molar-refractivity contribution in [1.82, 2.24) is 29.3 Å². The predicted molar refractivity (Wildman–Crippen MR) is 107 cm³/mol. The Labute approximate surface area is 179 Å². The van der Waals surface area contributed by atoms with E-state index in [1.807, 2.05) is 13.1 Å². The number of nitrogens with one attached hydrogen (secondary N) is 1. The van der Waals surface area contributed by atoms with Crippen LogP contribution in [0.1, 0.15) is 11.3 Å². The number of aromatic nitrogens is 6. The summed E-state index contributed by atoms with van der Waals surface area (Å²) in [5, 5.41) is 6.90. The van der Waals surface area contributed by atoms with Crippen molar-refractivity contribution < 1.29 is 22.3 Å². The highest BCUT2D eigenvalue weighted by Crippen LogP contribution is 2.32. The maximum Gasteiger partial charge on any atom is 0.416 e. The second kappa shape index (κ2) is 7.94. The normalized spacial score (nSPS) is 11.6. The van der Waals surface area contributed by atoms with Crippen LogP contribution in [-0.2, 0) is 13.2 Å². The number of rotatable bonds is 5. The lowest BCUT2D eigenvalue weighted by molar-refractivity contribution is -0.137. The molecule has 3 aromatic heterocycles. The molecule has 0 unspecified atom stereocenters. The molecule has 1 N–H and O–H groups in total. The average molecular weight is 447 g/mol. The number of pyridine rings is 1. The number of nitrogens with zero attached hydrogens (tertiary/aromatic N) is 6. The van der Waals surface area contributed by atoms with Crippen molar-refractivity contribution in [3.8, 4) is 23.1 Å². The highest BCUT2D eigenvalue weighted by Gasteiger charge is 2.31. The largest absolute Gasteiger partial charge is 0.479 e. The van der Waals surface area contributed by atoms with Crippen LogP contribution in [0.15, 0.2) is 42.9 Å². The van der Waals surface area contributed by atoms with E-state index < -0.39 is 17.6 Å². The number of aryl methyl sites for hydroxylation is 2. The number of methoxy groups -OCH3 is 1. The van der Waals surface area contributed by atoms with Crippen molar-refractivity contribution >= 4 is 11.6 Å². The van der Waals surface area contributed by atoms with Crippen molar-refractivity contribution in [1.29, 1.82) is 0 Å². The molecule has 0 aliphatic heterocycles. The van der Waals surface area contributed by atoms with Gasteiger partial charge in [-0.3, -0.25) is 0 Å². The smallest absolute Gasteiger partial charge is 0.416 e. The summed E-state index contributed by atoms with van der Waals surface area (Å²) in [6.45, 7) is 1.85. The Hall–Kier alpha value is -3.96. The molecule has 0 saturated heterocycles. The molecule has 0 bridgehead atoms. The summed E-state index contributed by atoms with van der Waals surface area (Å²) < 4.78 is 61.0. The summed E-state index contributed by atoms with van der Waals surface area (Å²) >= 11 is 0. The molecule has 166 valence electrons. The molecular formula is C20H17F4N7O. The van der Waals surface area contributed by atoms with Crippen molar-refractivity contribution in [2.75, 3.05) is 12.4 Å². The van der Waals surface area contributed by atoms with Crippen molar-refractivity contribution in [2.45, 2.75) is 13.1 Å². The summed E-state index contributed by atoms with van der Waals surface area (Å²) in [5.41, 5.74) is 0.631. The van der Waals surface area contributed by atoms with Gasteiger partial charge in [-0.25, -0.2) is 19.0 Å². The third-order valence-electron chi connectivity index (χ3n) is 4.50. The standard InChI is InChI=1S/C20H17F4N7O/c1-11-9-31(10-25-11)16-5-4-15(27-18(16)32-3)17-28-19(30(2)29-17)26-14-7-12(20(22,23)24)6-13(21)8-14/h4-10H,1-3H3,(H,26,28,29). The second-order valence-electron chi connectivity index (χ2n) is 6.88. The van der Waals surface area contributed by atoms with Gasteiger partial charge in [-0.15, -0.1) is 5.10 Å². The van der Waals surface area contributed by atoms with E-state index in [1.165, 1.54) is 11.8 Å². The van der Waals surface area contributed by atoms with E-state index in [-0.39, 0.29) is 17.5 Å². The zero-order valence-electron chi connectivity index (χ0n) is 17.1. The maximum absolute atomic E-state index is 13.7. The molecule has 0 radical (unpaired) electrons. The van der Waals surface area contributed by atoms with Crippen LogP contribution in [0.5, 0.6) is 5.88 Å². The van der Waals surface area contributed by atoms with Crippen LogP contribution in [0.25, 0.3) is 17.2 Å². The van der Waals surface area contributed by atoms with E-state index in [2.05, 4.69) is 25.4 Å². The van der Waals surface area contributed by atoms with Crippen LogP contribution < -0.4 is 10.1 Å². The van der Waals surface area contributed by atoms with Crippen LogP contribution in [-0.4, -0.2) is 36.4 Å². The SMILES string of the molecule is COc1nc(-c2nc(Nc3cc(F)cc(C(F)(F)F)c3)n(C)n2)ccc1-n1cnc(C)c1. The van der Waals surface area contributed by atoms with E-state index in [1.54, 1.807) is 30.1 Å². The minimum atomic E-state index is -4.68. The summed E-state index contributed by atoms with van der Waals surface area (Å²) in [5.74, 6) is -0.411. The number of imidazole rings is 1. The molecule has 0 aliphatic rings. The number of hydrogen-bond acceptors (Lipinski definition) is 6. The van der Waals surface area contributed by atoms with Gasteiger partial charge < -0.3 is 14.6 Å². The zero-order chi connectivity index (χ0) is 23.0.